The van der Waals surface area contributed by atoms with Crippen molar-refractivity contribution in [1.29, 1.82) is 0 Å². The number of primary amides is 1. The van der Waals surface area contributed by atoms with E-state index in [0.717, 1.165) is 24.4 Å². The molecule has 10 heteroatoms. The summed E-state index contributed by atoms with van der Waals surface area (Å²) in [6.45, 7) is 30.2. The smallest absolute Gasteiger partial charge is 0.336 e. The van der Waals surface area contributed by atoms with Crippen molar-refractivity contribution in [2.45, 2.75) is 115 Å². The van der Waals surface area contributed by atoms with Gasteiger partial charge in [-0.1, -0.05) is 82.2 Å². The van der Waals surface area contributed by atoms with Crippen LogP contribution in [0.5, 0.6) is 0 Å². The summed E-state index contributed by atoms with van der Waals surface area (Å²) in [6, 6.07) is 4.02. The second-order valence-electron chi connectivity index (χ2n) is 11.6. The molecule has 3 rings (SSSR count). The number of allylic oxidation sites excluding steroid dienone is 3. The summed E-state index contributed by atoms with van der Waals surface area (Å²) in [5.74, 6) is 0.359. The van der Waals surface area contributed by atoms with Gasteiger partial charge in [-0.3, -0.25) is 0 Å². The van der Waals surface area contributed by atoms with Gasteiger partial charge in [0.25, 0.3) is 0 Å². The first-order valence-corrected chi connectivity index (χ1v) is 16.8. The van der Waals surface area contributed by atoms with Gasteiger partial charge in [0.15, 0.2) is 0 Å². The molecule has 1 atom stereocenters. The number of nitrogens with one attached hydrogen (secondary N) is 4. The van der Waals surface area contributed by atoms with Gasteiger partial charge < -0.3 is 36.5 Å². The summed E-state index contributed by atoms with van der Waals surface area (Å²) >= 11 is 0. The number of nitrogens with two attached hydrogens (primary N) is 1. The summed E-state index contributed by atoms with van der Waals surface area (Å²) in [5, 5.41) is 12.1. The standard InChI is InChI=1S/C17H20FN3O4.C7H16N2.2C4H10.2C2H6/c1-8-13(16(22)25-4)14(15(24-3)9(2)20-8)10-5-6-11(18)12(7-10)21-17(19)23;1-2-9-7-3-5-8-6-4-7;2*1-4(2)3;2*1-2/h5-7,14,20H,1-4H3,(H3,19,21,23);7-9H,2-6H2,1H3;2*4H,1-3H3;2*1-2H3. The molecule has 1 fully saturated rings. The Morgan fingerprint density at radius 2 is 1.46 bits per heavy atom. The second-order valence-corrected chi connectivity index (χ2v) is 11.6. The predicted octanol–water partition coefficient (Wildman–Crippen LogP) is 8.05. The van der Waals surface area contributed by atoms with E-state index in [4.69, 9.17) is 15.2 Å². The van der Waals surface area contributed by atoms with E-state index >= 15 is 0 Å². The molecule has 9 nitrogen and oxygen atoms in total. The molecule has 0 spiro atoms. The number of methoxy groups -OCH3 is 2. The van der Waals surface area contributed by atoms with Crippen LogP contribution in [-0.4, -0.2) is 51.9 Å². The third-order valence-corrected chi connectivity index (χ3v) is 5.74. The Hall–Kier alpha value is -3.11. The molecule has 1 aromatic carbocycles. The summed E-state index contributed by atoms with van der Waals surface area (Å²) in [4.78, 5) is 23.4. The molecule has 1 unspecified atom stereocenters. The number of esters is 1. The average Bonchev–Trinajstić information content (AvgIpc) is 3.00. The molecule has 0 aromatic heterocycles. The van der Waals surface area contributed by atoms with Crippen LogP contribution >= 0.6 is 0 Å². The topological polar surface area (TPSA) is 127 Å². The number of anilines is 1. The molecule has 2 amide bonds. The molecule has 0 saturated carbocycles. The van der Waals surface area contributed by atoms with Crippen molar-refractivity contribution in [3.63, 3.8) is 0 Å². The van der Waals surface area contributed by atoms with E-state index in [-0.39, 0.29) is 5.69 Å². The van der Waals surface area contributed by atoms with Crippen LogP contribution in [0.25, 0.3) is 0 Å². The number of carbonyl (C=O) groups excluding carboxylic acids is 2. The van der Waals surface area contributed by atoms with Crippen LogP contribution in [0.1, 0.15) is 114 Å². The first-order valence-electron chi connectivity index (χ1n) is 16.8. The van der Waals surface area contributed by atoms with Crippen LogP contribution in [0, 0.1) is 17.7 Å². The zero-order chi connectivity index (χ0) is 36.4. The molecule has 268 valence electrons. The Morgan fingerprint density at radius 1 is 0.957 bits per heavy atom. The molecule has 46 heavy (non-hydrogen) atoms. The van der Waals surface area contributed by atoms with Crippen LogP contribution in [0.3, 0.4) is 0 Å². The van der Waals surface area contributed by atoms with Crippen molar-refractivity contribution in [2.75, 3.05) is 39.2 Å². The van der Waals surface area contributed by atoms with Gasteiger partial charge >= 0.3 is 12.0 Å². The van der Waals surface area contributed by atoms with E-state index in [1.165, 1.54) is 58.3 Å². The number of carbonyl (C=O) groups is 2. The molecule has 1 aromatic rings. The number of halogens is 1. The SMILES string of the molecule is CC.CC.CC(C)C.CC(C)C.CCNC1CCNCC1.COC(=O)C1=C(C)NC(C)=C(OC)C1c1ccc(F)c(NC(N)=O)c1. The minimum absolute atomic E-state index is 0.0847. The fourth-order valence-electron chi connectivity index (χ4n) is 4.21. The minimum atomic E-state index is -0.889. The van der Waals surface area contributed by atoms with Gasteiger partial charge in [0.05, 0.1) is 37.1 Å². The Labute approximate surface area is 280 Å². The Kier molecular flexibility index (Phi) is 28.9. The van der Waals surface area contributed by atoms with Gasteiger partial charge in [0, 0.05) is 11.7 Å². The summed E-state index contributed by atoms with van der Waals surface area (Å²) in [7, 11) is 2.76. The third kappa shape index (κ3) is 20.1. The van der Waals surface area contributed by atoms with Gasteiger partial charge in [0.1, 0.15) is 11.6 Å². The molecule has 0 radical (unpaired) electrons. The van der Waals surface area contributed by atoms with Crippen LogP contribution < -0.4 is 27.0 Å². The van der Waals surface area contributed by atoms with Gasteiger partial charge in [-0.25, -0.2) is 14.0 Å². The van der Waals surface area contributed by atoms with E-state index in [0.29, 0.717) is 28.3 Å². The van der Waals surface area contributed by atoms with E-state index in [2.05, 4.69) is 69.7 Å². The monoisotopic (exact) mass is 654 g/mol. The maximum Gasteiger partial charge on any atom is 0.336 e. The number of hydrogen-bond donors (Lipinski definition) is 5. The quantitative estimate of drug-likeness (QED) is 0.197. The Bertz CT molecular complexity index is 1020. The van der Waals surface area contributed by atoms with Crippen molar-refractivity contribution in [3.05, 3.63) is 52.3 Å². The molecule has 0 aliphatic carbocycles. The molecule has 2 heterocycles. The van der Waals surface area contributed by atoms with Gasteiger partial charge in [-0.05, 0) is 75.9 Å². The number of dihydropyridines is 1. The van der Waals surface area contributed by atoms with Crippen molar-refractivity contribution < 1.29 is 23.5 Å². The molecule has 1 saturated heterocycles. The summed E-state index contributed by atoms with van der Waals surface area (Å²) < 4.78 is 24.3. The normalized spacial score (nSPS) is 15.5. The van der Waals surface area contributed by atoms with Crippen molar-refractivity contribution in [1.82, 2.24) is 16.0 Å². The lowest BCUT2D eigenvalue weighted by Gasteiger charge is -2.30. The number of ether oxygens (including phenoxy) is 2. The minimum Gasteiger partial charge on any atom is -0.498 e. The highest BCUT2D eigenvalue weighted by Crippen LogP contribution is 2.39. The highest BCUT2D eigenvalue weighted by atomic mass is 19.1. The van der Waals surface area contributed by atoms with E-state index in [1.54, 1.807) is 13.8 Å². The van der Waals surface area contributed by atoms with E-state index in [9.17, 15) is 14.0 Å². The molecule has 6 N–H and O–H groups in total. The summed E-state index contributed by atoms with van der Waals surface area (Å²) in [6.07, 6.45) is 2.60. The molecule has 2 aliphatic heterocycles. The van der Waals surface area contributed by atoms with Gasteiger partial charge in [-0.2, -0.15) is 0 Å². The fraction of sp³-hybridized carbons (Fsp3) is 0.667. The van der Waals surface area contributed by atoms with Crippen LogP contribution in [0.2, 0.25) is 0 Å². The number of piperidine rings is 1. The maximum atomic E-state index is 13.9. The van der Waals surface area contributed by atoms with E-state index in [1.807, 2.05) is 27.7 Å². The second kappa shape index (κ2) is 28.1. The molecular formula is C36H68FN5O4. The molecule has 0 bridgehead atoms. The average molecular weight is 654 g/mol. The lowest BCUT2D eigenvalue weighted by molar-refractivity contribution is -0.136. The number of amides is 2. The highest BCUT2D eigenvalue weighted by molar-refractivity contribution is 5.93. The fourth-order valence-corrected chi connectivity index (χ4v) is 4.21. The van der Waals surface area contributed by atoms with Crippen molar-refractivity contribution in [2.24, 2.45) is 17.6 Å². The first kappa shape index (κ1) is 47.3. The van der Waals surface area contributed by atoms with E-state index < -0.39 is 23.7 Å². The third-order valence-electron chi connectivity index (χ3n) is 5.74. The zero-order valence-electron chi connectivity index (χ0n) is 31.7. The Balaban J connectivity index is -0.000000718. The van der Waals surface area contributed by atoms with Crippen LogP contribution in [0.15, 0.2) is 40.9 Å². The largest absolute Gasteiger partial charge is 0.498 e. The van der Waals surface area contributed by atoms with Gasteiger partial charge in [-0.15, -0.1) is 0 Å². The highest BCUT2D eigenvalue weighted by Gasteiger charge is 2.35. The van der Waals surface area contributed by atoms with Crippen LogP contribution in [-0.2, 0) is 14.3 Å². The number of hydrogen-bond acceptors (Lipinski definition) is 7. The molecular weight excluding hydrogens is 585 g/mol. The van der Waals surface area contributed by atoms with Crippen LogP contribution in [0.4, 0.5) is 14.9 Å². The lowest BCUT2D eigenvalue weighted by atomic mass is 9.85. The number of urea groups is 1. The lowest BCUT2D eigenvalue weighted by Crippen LogP contribution is -2.39. The zero-order valence-corrected chi connectivity index (χ0v) is 31.7. The van der Waals surface area contributed by atoms with Crippen molar-refractivity contribution >= 4 is 17.7 Å². The Morgan fingerprint density at radius 3 is 1.87 bits per heavy atom. The maximum absolute atomic E-state index is 13.9. The number of benzene rings is 1. The van der Waals surface area contributed by atoms with Crippen molar-refractivity contribution in [3.8, 4) is 0 Å². The molecule has 2 aliphatic rings. The van der Waals surface area contributed by atoms with Gasteiger partial charge in [0.2, 0.25) is 0 Å². The first-order chi connectivity index (χ1) is 21.7. The summed E-state index contributed by atoms with van der Waals surface area (Å²) in [5.41, 5.74) is 7.18. The number of rotatable bonds is 6. The predicted molar refractivity (Wildman–Crippen MR) is 193 cm³/mol.